The molecular formula is C24H26N6O3. The van der Waals surface area contributed by atoms with Crippen molar-refractivity contribution in [1.29, 1.82) is 0 Å². The molecule has 0 fully saturated rings. The van der Waals surface area contributed by atoms with Crippen LogP contribution in [0.5, 0.6) is 0 Å². The van der Waals surface area contributed by atoms with Gasteiger partial charge in [0.15, 0.2) is 5.69 Å². The smallest absolute Gasteiger partial charge is 0.272 e. The first kappa shape index (κ1) is 22.2. The van der Waals surface area contributed by atoms with E-state index in [2.05, 4.69) is 20.7 Å². The van der Waals surface area contributed by atoms with E-state index >= 15 is 0 Å². The molecule has 3 amide bonds. The van der Waals surface area contributed by atoms with E-state index in [0.29, 0.717) is 38.3 Å². The fourth-order valence-electron chi connectivity index (χ4n) is 3.69. The molecule has 1 aromatic carbocycles. The molecule has 0 spiro atoms. The molecule has 33 heavy (non-hydrogen) atoms. The number of hydrogen-bond donors (Lipinski definition) is 2. The molecule has 9 nitrogen and oxygen atoms in total. The van der Waals surface area contributed by atoms with Crippen LogP contribution in [0.15, 0.2) is 60.8 Å². The Balaban J connectivity index is 1.30. The fraction of sp³-hybridized carbons (Fsp3) is 0.292. The first-order valence-electron chi connectivity index (χ1n) is 11.0. The van der Waals surface area contributed by atoms with Gasteiger partial charge in [-0.3, -0.25) is 24.0 Å². The summed E-state index contributed by atoms with van der Waals surface area (Å²) in [6.07, 6.45) is 3.05. The topological polar surface area (TPSA) is 109 Å². The van der Waals surface area contributed by atoms with Gasteiger partial charge in [-0.2, -0.15) is 5.10 Å². The Morgan fingerprint density at radius 2 is 1.82 bits per heavy atom. The Kier molecular flexibility index (Phi) is 7.09. The number of fused-ring (bicyclic) bond motifs is 1. The number of pyridine rings is 1. The molecule has 0 atom stereocenters. The van der Waals surface area contributed by atoms with Crippen LogP contribution in [0.4, 0.5) is 0 Å². The van der Waals surface area contributed by atoms with Gasteiger partial charge < -0.3 is 15.5 Å². The van der Waals surface area contributed by atoms with Crippen molar-refractivity contribution in [2.45, 2.75) is 25.9 Å². The van der Waals surface area contributed by atoms with Gasteiger partial charge in [-0.05, 0) is 24.1 Å². The molecule has 4 rings (SSSR count). The average molecular weight is 447 g/mol. The molecule has 0 saturated heterocycles. The third-order valence-corrected chi connectivity index (χ3v) is 5.37. The van der Waals surface area contributed by atoms with Crippen LogP contribution in [0.3, 0.4) is 0 Å². The molecule has 0 saturated carbocycles. The summed E-state index contributed by atoms with van der Waals surface area (Å²) < 4.78 is 1.58. The molecule has 170 valence electrons. The predicted octanol–water partition coefficient (Wildman–Crippen LogP) is 1.41. The number of benzene rings is 1. The zero-order chi connectivity index (χ0) is 23.0. The second-order valence-corrected chi connectivity index (χ2v) is 7.81. The molecule has 3 heterocycles. The van der Waals surface area contributed by atoms with Gasteiger partial charge in [-0.15, -0.1) is 0 Å². The Labute approximate surface area is 191 Å². The lowest BCUT2D eigenvalue weighted by Gasteiger charge is -2.20. The van der Waals surface area contributed by atoms with E-state index in [1.807, 2.05) is 48.5 Å². The summed E-state index contributed by atoms with van der Waals surface area (Å²) in [5.41, 5.74) is 2.44. The number of carbonyl (C=O) groups is 3. The second-order valence-electron chi connectivity index (χ2n) is 7.81. The van der Waals surface area contributed by atoms with Gasteiger partial charge in [0.25, 0.3) is 11.8 Å². The van der Waals surface area contributed by atoms with Gasteiger partial charge in [-0.1, -0.05) is 36.4 Å². The SMILES string of the molecule is O=C(CNC(=O)c1cc2n(n1)CCCN(Cc1ccccc1)C2=O)NCCc1ccccn1. The number of amides is 3. The van der Waals surface area contributed by atoms with Crippen molar-refractivity contribution in [3.8, 4) is 0 Å². The van der Waals surface area contributed by atoms with Crippen molar-refractivity contribution in [3.05, 3.63) is 83.4 Å². The molecule has 2 N–H and O–H groups in total. The molecule has 1 aliphatic heterocycles. The van der Waals surface area contributed by atoms with E-state index in [4.69, 9.17) is 0 Å². The van der Waals surface area contributed by atoms with Crippen LogP contribution in [-0.2, 0) is 24.3 Å². The zero-order valence-corrected chi connectivity index (χ0v) is 18.2. The first-order valence-corrected chi connectivity index (χ1v) is 11.0. The van der Waals surface area contributed by atoms with Crippen LogP contribution >= 0.6 is 0 Å². The van der Waals surface area contributed by atoms with Crippen LogP contribution in [0, 0.1) is 0 Å². The minimum Gasteiger partial charge on any atom is -0.354 e. The van der Waals surface area contributed by atoms with Crippen molar-refractivity contribution in [3.63, 3.8) is 0 Å². The van der Waals surface area contributed by atoms with Gasteiger partial charge in [0.1, 0.15) is 5.69 Å². The maximum Gasteiger partial charge on any atom is 0.272 e. The van der Waals surface area contributed by atoms with Gasteiger partial charge >= 0.3 is 0 Å². The van der Waals surface area contributed by atoms with Gasteiger partial charge in [0.05, 0.1) is 6.54 Å². The summed E-state index contributed by atoms with van der Waals surface area (Å²) in [6, 6.07) is 16.9. The van der Waals surface area contributed by atoms with Gasteiger partial charge in [-0.25, -0.2) is 0 Å². The van der Waals surface area contributed by atoms with Gasteiger partial charge in [0, 0.05) is 50.6 Å². The molecule has 0 bridgehead atoms. The van der Waals surface area contributed by atoms with Crippen molar-refractivity contribution < 1.29 is 14.4 Å². The molecule has 0 unspecified atom stereocenters. The van der Waals surface area contributed by atoms with Gasteiger partial charge in [0.2, 0.25) is 5.91 Å². The maximum atomic E-state index is 13.0. The summed E-state index contributed by atoms with van der Waals surface area (Å²) in [7, 11) is 0. The molecule has 1 aliphatic rings. The van der Waals surface area contributed by atoms with Crippen molar-refractivity contribution >= 4 is 17.7 Å². The third-order valence-electron chi connectivity index (χ3n) is 5.37. The van der Waals surface area contributed by atoms with Crippen LogP contribution in [-0.4, -0.2) is 57.0 Å². The van der Waals surface area contributed by atoms with Crippen LogP contribution in [0.25, 0.3) is 0 Å². The average Bonchev–Trinajstić information content (AvgIpc) is 3.21. The van der Waals surface area contributed by atoms with Crippen molar-refractivity contribution in [2.24, 2.45) is 0 Å². The van der Waals surface area contributed by atoms with Crippen LogP contribution in [0.1, 0.15) is 38.7 Å². The number of aryl methyl sites for hydroxylation is 1. The first-order chi connectivity index (χ1) is 16.1. The highest BCUT2D eigenvalue weighted by Gasteiger charge is 2.26. The normalized spacial score (nSPS) is 13.2. The van der Waals surface area contributed by atoms with E-state index in [0.717, 1.165) is 17.7 Å². The molecule has 0 radical (unpaired) electrons. The standard InChI is InChI=1S/C24H26N6O3/c31-22(26-12-10-19-9-4-5-11-25-19)16-27-23(32)20-15-21-24(33)29(13-6-14-30(21)28-20)17-18-7-2-1-3-8-18/h1-5,7-9,11,15H,6,10,12-14,16-17H2,(H,26,31)(H,27,32). The Morgan fingerprint density at radius 3 is 2.61 bits per heavy atom. The van der Waals surface area contributed by atoms with E-state index in [1.54, 1.807) is 15.8 Å². The highest BCUT2D eigenvalue weighted by molar-refractivity contribution is 5.99. The Hall–Kier alpha value is -4.01. The summed E-state index contributed by atoms with van der Waals surface area (Å²) in [5, 5.41) is 9.62. The van der Waals surface area contributed by atoms with E-state index in [-0.39, 0.29) is 24.1 Å². The minimum absolute atomic E-state index is 0.126. The lowest BCUT2D eigenvalue weighted by atomic mass is 10.2. The maximum absolute atomic E-state index is 13.0. The number of hydrogen-bond acceptors (Lipinski definition) is 5. The van der Waals surface area contributed by atoms with E-state index in [1.165, 1.54) is 6.07 Å². The van der Waals surface area contributed by atoms with E-state index in [9.17, 15) is 14.4 Å². The number of aromatic nitrogens is 3. The number of nitrogens with one attached hydrogen (secondary N) is 2. The minimum atomic E-state index is -0.488. The predicted molar refractivity (Wildman–Crippen MR) is 121 cm³/mol. The van der Waals surface area contributed by atoms with Crippen LogP contribution in [0.2, 0.25) is 0 Å². The number of rotatable bonds is 8. The summed E-state index contributed by atoms with van der Waals surface area (Å²) >= 11 is 0. The highest BCUT2D eigenvalue weighted by Crippen LogP contribution is 2.16. The molecule has 9 heteroatoms. The molecule has 0 aliphatic carbocycles. The highest BCUT2D eigenvalue weighted by atomic mass is 16.2. The fourth-order valence-corrected chi connectivity index (χ4v) is 3.69. The van der Waals surface area contributed by atoms with Crippen LogP contribution < -0.4 is 10.6 Å². The monoisotopic (exact) mass is 446 g/mol. The third kappa shape index (κ3) is 5.82. The lowest BCUT2D eigenvalue weighted by molar-refractivity contribution is -0.120. The van der Waals surface area contributed by atoms with Crippen molar-refractivity contribution in [1.82, 2.24) is 30.3 Å². The Morgan fingerprint density at radius 1 is 1.00 bits per heavy atom. The summed E-state index contributed by atoms with van der Waals surface area (Å²) in [5.74, 6) is -0.946. The second kappa shape index (κ2) is 10.5. The number of carbonyl (C=O) groups excluding carboxylic acids is 3. The summed E-state index contributed by atoms with van der Waals surface area (Å²) in [6.45, 7) is 1.93. The molecular weight excluding hydrogens is 420 g/mol. The summed E-state index contributed by atoms with van der Waals surface area (Å²) in [4.78, 5) is 43.6. The quantitative estimate of drug-likeness (QED) is 0.544. The largest absolute Gasteiger partial charge is 0.354 e. The Bertz CT molecular complexity index is 1110. The van der Waals surface area contributed by atoms with Crippen molar-refractivity contribution in [2.75, 3.05) is 19.6 Å². The zero-order valence-electron chi connectivity index (χ0n) is 18.2. The molecule has 3 aromatic rings. The molecule has 2 aromatic heterocycles. The van der Waals surface area contributed by atoms with E-state index < -0.39 is 5.91 Å². The lowest BCUT2D eigenvalue weighted by Crippen LogP contribution is -2.38. The number of nitrogens with zero attached hydrogens (tertiary/aromatic N) is 4.